The molecule has 0 aliphatic carbocycles. The van der Waals surface area contributed by atoms with Crippen LogP contribution in [0.4, 0.5) is 0 Å². The minimum Gasteiger partial charge on any atom is -0.478 e. The van der Waals surface area contributed by atoms with Crippen LogP contribution in [0, 0.1) is 0 Å². The van der Waals surface area contributed by atoms with Gasteiger partial charge in [-0.05, 0) is 25.5 Å². The van der Waals surface area contributed by atoms with Gasteiger partial charge in [0.2, 0.25) is 0 Å². The first-order valence-corrected chi connectivity index (χ1v) is 9.23. The number of rotatable bonds is 11. The average molecular weight is 382 g/mol. The van der Waals surface area contributed by atoms with Crippen molar-refractivity contribution in [1.82, 2.24) is 0 Å². The van der Waals surface area contributed by atoms with Gasteiger partial charge in [-0.15, -0.1) is 0 Å². The lowest BCUT2D eigenvalue weighted by molar-refractivity contribution is -0.147. The van der Waals surface area contributed by atoms with Crippen molar-refractivity contribution in [1.29, 1.82) is 0 Å². The third-order valence-electron chi connectivity index (χ3n) is 3.54. The summed E-state index contributed by atoms with van der Waals surface area (Å²) in [4.78, 5) is 32.5. The first-order valence-electron chi connectivity index (χ1n) is 9.23. The molecular weight excluding hydrogens is 352 g/mol. The second-order valence-corrected chi connectivity index (χ2v) is 5.72. The number of carbonyl (C=O) groups is 3. The third kappa shape index (κ3) is 11.8. The number of aromatic carboxylic acids is 1. The first-order chi connectivity index (χ1) is 13.0. The summed E-state index contributed by atoms with van der Waals surface area (Å²) >= 11 is 0. The van der Waals surface area contributed by atoms with E-state index < -0.39 is 24.5 Å². The van der Waals surface area contributed by atoms with E-state index in [-0.39, 0.29) is 17.7 Å². The SMILES string of the molecule is CCCCCCCCOC(=O)CO.CCOC(=O)c1ccccc1C(=O)O. The zero-order valence-electron chi connectivity index (χ0n) is 16.1. The Balaban J connectivity index is 0.000000503. The molecule has 0 unspecified atom stereocenters. The summed E-state index contributed by atoms with van der Waals surface area (Å²) < 4.78 is 9.43. The number of aliphatic hydroxyl groups excluding tert-OH is 1. The summed E-state index contributed by atoms with van der Waals surface area (Å²) in [5.74, 6) is -2.26. The van der Waals surface area contributed by atoms with Gasteiger partial charge in [0.1, 0.15) is 6.61 Å². The first kappa shape index (κ1) is 24.6. The fourth-order valence-electron chi connectivity index (χ4n) is 2.17. The van der Waals surface area contributed by atoms with Crippen LogP contribution < -0.4 is 0 Å². The molecule has 0 fully saturated rings. The van der Waals surface area contributed by atoms with Crippen LogP contribution in [0.15, 0.2) is 24.3 Å². The maximum atomic E-state index is 11.3. The molecule has 27 heavy (non-hydrogen) atoms. The highest BCUT2D eigenvalue weighted by molar-refractivity contribution is 6.02. The van der Waals surface area contributed by atoms with Crippen LogP contribution in [-0.2, 0) is 14.3 Å². The van der Waals surface area contributed by atoms with E-state index in [1.807, 2.05) is 0 Å². The van der Waals surface area contributed by atoms with Crippen LogP contribution in [0.2, 0.25) is 0 Å². The van der Waals surface area contributed by atoms with E-state index in [4.69, 9.17) is 19.7 Å². The Morgan fingerprint density at radius 3 is 2.04 bits per heavy atom. The minimum atomic E-state index is -1.13. The number of ether oxygens (including phenoxy) is 2. The molecule has 1 aromatic rings. The van der Waals surface area contributed by atoms with Crippen molar-refractivity contribution in [3.8, 4) is 0 Å². The molecule has 0 amide bonds. The molecule has 1 aromatic carbocycles. The van der Waals surface area contributed by atoms with Gasteiger partial charge in [0.15, 0.2) is 0 Å². The average Bonchev–Trinajstić information content (AvgIpc) is 2.67. The Morgan fingerprint density at radius 1 is 0.889 bits per heavy atom. The molecule has 0 spiro atoms. The van der Waals surface area contributed by atoms with Crippen molar-refractivity contribution in [2.45, 2.75) is 52.4 Å². The quantitative estimate of drug-likeness (QED) is 0.445. The molecule has 0 bridgehead atoms. The number of aliphatic hydroxyl groups is 1. The van der Waals surface area contributed by atoms with Crippen LogP contribution >= 0.6 is 0 Å². The summed E-state index contributed by atoms with van der Waals surface area (Å²) in [5.41, 5.74) is 0.0489. The number of benzene rings is 1. The Morgan fingerprint density at radius 2 is 1.48 bits per heavy atom. The normalized spacial score (nSPS) is 9.74. The van der Waals surface area contributed by atoms with Crippen LogP contribution in [0.25, 0.3) is 0 Å². The lowest BCUT2D eigenvalue weighted by atomic mass is 10.1. The number of carbonyl (C=O) groups excluding carboxylic acids is 2. The van der Waals surface area contributed by atoms with E-state index in [1.165, 1.54) is 37.8 Å². The largest absolute Gasteiger partial charge is 0.478 e. The van der Waals surface area contributed by atoms with Gasteiger partial charge in [0.05, 0.1) is 24.3 Å². The highest BCUT2D eigenvalue weighted by Crippen LogP contribution is 2.10. The van der Waals surface area contributed by atoms with Crippen LogP contribution in [0.3, 0.4) is 0 Å². The van der Waals surface area contributed by atoms with Gasteiger partial charge in [-0.2, -0.15) is 0 Å². The van der Waals surface area contributed by atoms with E-state index in [0.717, 1.165) is 12.8 Å². The zero-order valence-corrected chi connectivity index (χ0v) is 16.1. The van der Waals surface area contributed by atoms with Gasteiger partial charge < -0.3 is 19.7 Å². The maximum Gasteiger partial charge on any atom is 0.338 e. The molecule has 0 aliphatic rings. The maximum absolute atomic E-state index is 11.3. The lowest BCUT2D eigenvalue weighted by Crippen LogP contribution is -2.11. The molecular formula is C20H30O7. The van der Waals surface area contributed by atoms with E-state index in [0.29, 0.717) is 6.61 Å². The van der Waals surface area contributed by atoms with Crippen molar-refractivity contribution in [3.63, 3.8) is 0 Å². The zero-order chi connectivity index (χ0) is 20.5. The minimum absolute atomic E-state index is 0.0362. The molecule has 0 aliphatic heterocycles. The molecule has 2 N–H and O–H groups in total. The number of esters is 2. The van der Waals surface area contributed by atoms with E-state index >= 15 is 0 Å². The Kier molecular flexibility index (Phi) is 14.4. The molecule has 7 heteroatoms. The van der Waals surface area contributed by atoms with Crippen molar-refractivity contribution < 1.29 is 34.1 Å². The van der Waals surface area contributed by atoms with Gasteiger partial charge in [-0.25, -0.2) is 14.4 Å². The van der Waals surface area contributed by atoms with E-state index in [1.54, 1.807) is 19.1 Å². The van der Waals surface area contributed by atoms with Gasteiger partial charge >= 0.3 is 17.9 Å². The highest BCUT2D eigenvalue weighted by atomic mass is 16.5. The van der Waals surface area contributed by atoms with E-state index in [9.17, 15) is 14.4 Å². The standard InChI is InChI=1S/C10H10O4.C10H20O3/c1-2-14-10(13)8-6-4-3-5-7(8)9(11)12;1-2-3-4-5-6-7-8-13-10(12)9-11/h3-6H,2H2,1H3,(H,11,12);11H,2-9H2,1H3. The molecule has 1 rings (SSSR count). The molecule has 0 radical (unpaired) electrons. The van der Waals surface area contributed by atoms with E-state index in [2.05, 4.69) is 6.92 Å². The van der Waals surface area contributed by atoms with Crippen molar-refractivity contribution >= 4 is 17.9 Å². The predicted octanol–water partition coefficient (Wildman–Crippen LogP) is 3.44. The third-order valence-corrected chi connectivity index (χ3v) is 3.54. The van der Waals surface area contributed by atoms with Crippen molar-refractivity contribution in [2.75, 3.05) is 19.8 Å². The highest BCUT2D eigenvalue weighted by Gasteiger charge is 2.15. The molecule has 0 saturated heterocycles. The predicted molar refractivity (Wildman–Crippen MR) is 101 cm³/mol. The monoisotopic (exact) mass is 382 g/mol. The second-order valence-electron chi connectivity index (χ2n) is 5.72. The van der Waals surface area contributed by atoms with Crippen molar-refractivity contribution in [2.24, 2.45) is 0 Å². The summed E-state index contributed by atoms with van der Waals surface area (Å²) in [6.45, 7) is 4.03. The summed E-state index contributed by atoms with van der Waals surface area (Å²) in [6.07, 6.45) is 7.04. The second kappa shape index (κ2) is 15.8. The summed E-state index contributed by atoms with van der Waals surface area (Å²) in [5, 5.41) is 17.1. The number of carboxylic acids is 1. The van der Waals surface area contributed by atoms with Gasteiger partial charge in [0.25, 0.3) is 0 Å². The Labute approximate surface area is 160 Å². The summed E-state index contributed by atoms with van der Waals surface area (Å²) in [7, 11) is 0. The Bertz CT molecular complexity index is 569. The smallest absolute Gasteiger partial charge is 0.338 e. The summed E-state index contributed by atoms with van der Waals surface area (Å²) in [6, 6.07) is 5.96. The number of carboxylic acid groups (broad SMARTS) is 1. The molecule has 0 atom stereocenters. The topological polar surface area (TPSA) is 110 Å². The molecule has 7 nitrogen and oxygen atoms in total. The molecule has 0 heterocycles. The van der Waals surface area contributed by atoms with Gasteiger partial charge in [0, 0.05) is 0 Å². The molecule has 0 aromatic heterocycles. The van der Waals surface area contributed by atoms with Crippen LogP contribution in [0.1, 0.15) is 73.1 Å². The van der Waals surface area contributed by atoms with Crippen LogP contribution in [-0.4, -0.2) is 47.9 Å². The number of unbranched alkanes of at least 4 members (excludes halogenated alkanes) is 5. The number of hydrogen-bond donors (Lipinski definition) is 2. The van der Waals surface area contributed by atoms with Gasteiger partial charge in [-0.1, -0.05) is 51.2 Å². The van der Waals surface area contributed by atoms with Crippen LogP contribution in [0.5, 0.6) is 0 Å². The lowest BCUT2D eigenvalue weighted by Gasteiger charge is -2.04. The molecule has 0 saturated carbocycles. The van der Waals surface area contributed by atoms with Crippen molar-refractivity contribution in [3.05, 3.63) is 35.4 Å². The fraction of sp³-hybridized carbons (Fsp3) is 0.550. The van der Waals surface area contributed by atoms with Gasteiger partial charge in [-0.3, -0.25) is 0 Å². The molecule has 152 valence electrons. The number of hydrogen-bond acceptors (Lipinski definition) is 6. The fourth-order valence-corrected chi connectivity index (χ4v) is 2.17. The Hall–Kier alpha value is -2.41.